The van der Waals surface area contributed by atoms with Crippen LogP contribution in [-0.2, 0) is 5.41 Å². The Labute approximate surface area is 124 Å². The molecule has 1 aromatic heterocycles. The number of benzene rings is 1. The smallest absolute Gasteiger partial charge is 0.168 e. The number of rotatable bonds is 4. The first-order chi connectivity index (χ1) is 9.92. The van der Waals surface area contributed by atoms with Gasteiger partial charge in [0, 0.05) is 27.8 Å². The van der Waals surface area contributed by atoms with Crippen molar-refractivity contribution in [3.8, 4) is 22.6 Å². The van der Waals surface area contributed by atoms with Gasteiger partial charge in [-0.25, -0.2) is 0 Å². The molecule has 0 atom stereocenters. The van der Waals surface area contributed by atoms with Crippen molar-refractivity contribution in [2.75, 3.05) is 14.2 Å². The topological polar surface area (TPSA) is 64.2 Å². The first-order valence-electron chi connectivity index (χ1n) is 6.67. The zero-order valence-electron chi connectivity index (χ0n) is 13.0. The van der Waals surface area contributed by atoms with Gasteiger partial charge in [-0.1, -0.05) is 20.8 Å². The lowest BCUT2D eigenvalue weighted by Crippen LogP contribution is -2.13. The normalized spacial score (nSPS) is 11.3. The van der Waals surface area contributed by atoms with Crippen molar-refractivity contribution in [1.29, 1.82) is 0 Å². The molecule has 0 saturated heterocycles. The van der Waals surface area contributed by atoms with Gasteiger partial charge in [0.05, 0.1) is 20.4 Å². The van der Waals surface area contributed by atoms with Crippen molar-refractivity contribution < 1.29 is 14.3 Å². The number of ether oxygens (including phenoxy) is 2. The standard InChI is InChI=1S/C16H20N2O3/c1-16(2,3)15-12(8-17-18-15)11-6-10(9-19)7-13(20-4)14(11)21-5/h6-9H,1-5H3,(H,17,18). The molecular formula is C16H20N2O3. The molecule has 21 heavy (non-hydrogen) atoms. The lowest BCUT2D eigenvalue weighted by molar-refractivity contribution is 0.112. The third-order valence-electron chi connectivity index (χ3n) is 3.32. The van der Waals surface area contributed by atoms with Gasteiger partial charge in [0.15, 0.2) is 11.5 Å². The molecule has 0 unspecified atom stereocenters. The number of carbonyl (C=O) groups excluding carboxylic acids is 1. The molecule has 0 saturated carbocycles. The summed E-state index contributed by atoms with van der Waals surface area (Å²) in [5.74, 6) is 1.12. The Morgan fingerprint density at radius 2 is 1.86 bits per heavy atom. The van der Waals surface area contributed by atoms with E-state index in [-0.39, 0.29) is 5.41 Å². The minimum atomic E-state index is -0.110. The summed E-state index contributed by atoms with van der Waals surface area (Å²) in [7, 11) is 3.13. The largest absolute Gasteiger partial charge is 0.493 e. The molecule has 0 radical (unpaired) electrons. The van der Waals surface area contributed by atoms with E-state index in [9.17, 15) is 4.79 Å². The third-order valence-corrected chi connectivity index (χ3v) is 3.32. The molecule has 5 heteroatoms. The van der Waals surface area contributed by atoms with Gasteiger partial charge in [-0.2, -0.15) is 5.10 Å². The van der Waals surface area contributed by atoms with E-state index in [1.54, 1.807) is 32.5 Å². The zero-order valence-corrected chi connectivity index (χ0v) is 13.0. The zero-order chi connectivity index (χ0) is 15.6. The van der Waals surface area contributed by atoms with Crippen molar-refractivity contribution in [2.45, 2.75) is 26.2 Å². The fourth-order valence-electron chi connectivity index (χ4n) is 2.32. The van der Waals surface area contributed by atoms with Gasteiger partial charge in [0.1, 0.15) is 6.29 Å². The highest BCUT2D eigenvalue weighted by molar-refractivity contribution is 5.84. The van der Waals surface area contributed by atoms with Gasteiger partial charge in [0.25, 0.3) is 0 Å². The van der Waals surface area contributed by atoms with E-state index in [1.165, 1.54) is 0 Å². The van der Waals surface area contributed by atoms with Crippen LogP contribution in [0.1, 0.15) is 36.8 Å². The maximum atomic E-state index is 11.2. The molecule has 0 fully saturated rings. The van der Waals surface area contributed by atoms with Crippen LogP contribution in [0.5, 0.6) is 11.5 Å². The van der Waals surface area contributed by atoms with Crippen molar-refractivity contribution in [3.63, 3.8) is 0 Å². The molecule has 0 aliphatic heterocycles. The molecular weight excluding hydrogens is 268 g/mol. The lowest BCUT2D eigenvalue weighted by atomic mass is 9.87. The van der Waals surface area contributed by atoms with Crippen molar-refractivity contribution in [2.24, 2.45) is 0 Å². The summed E-state index contributed by atoms with van der Waals surface area (Å²) >= 11 is 0. The Bertz CT molecular complexity index is 654. The molecule has 1 heterocycles. The molecule has 0 amide bonds. The molecule has 1 N–H and O–H groups in total. The molecule has 2 aromatic rings. The van der Waals surface area contributed by atoms with E-state index < -0.39 is 0 Å². The summed E-state index contributed by atoms with van der Waals surface area (Å²) in [6.07, 6.45) is 2.54. The van der Waals surface area contributed by atoms with Gasteiger partial charge in [-0.3, -0.25) is 9.89 Å². The number of aromatic nitrogens is 2. The van der Waals surface area contributed by atoms with E-state index in [1.807, 2.05) is 0 Å². The van der Waals surface area contributed by atoms with Gasteiger partial charge < -0.3 is 9.47 Å². The first-order valence-corrected chi connectivity index (χ1v) is 6.67. The van der Waals surface area contributed by atoms with Crippen LogP contribution >= 0.6 is 0 Å². The number of aldehydes is 1. The lowest BCUT2D eigenvalue weighted by Gasteiger charge is -2.20. The predicted molar refractivity (Wildman–Crippen MR) is 81.2 cm³/mol. The Morgan fingerprint density at radius 3 is 2.38 bits per heavy atom. The Balaban J connectivity index is 2.74. The summed E-state index contributed by atoms with van der Waals surface area (Å²) in [5.41, 5.74) is 3.09. The highest BCUT2D eigenvalue weighted by Crippen LogP contribution is 2.42. The van der Waals surface area contributed by atoms with Crippen LogP contribution < -0.4 is 9.47 Å². The molecule has 5 nitrogen and oxygen atoms in total. The number of nitrogens with zero attached hydrogens (tertiary/aromatic N) is 1. The van der Waals surface area contributed by atoms with E-state index in [2.05, 4.69) is 31.0 Å². The predicted octanol–water partition coefficient (Wildman–Crippen LogP) is 3.20. The summed E-state index contributed by atoms with van der Waals surface area (Å²) in [6.45, 7) is 6.28. The first kappa shape index (κ1) is 15.1. The maximum absolute atomic E-state index is 11.2. The van der Waals surface area contributed by atoms with Crippen molar-refractivity contribution in [1.82, 2.24) is 10.2 Å². The Kier molecular flexibility index (Phi) is 4.02. The van der Waals surface area contributed by atoms with Crippen LogP contribution in [-0.4, -0.2) is 30.7 Å². The average molecular weight is 288 g/mol. The summed E-state index contributed by atoms with van der Waals surface area (Å²) < 4.78 is 10.8. The minimum Gasteiger partial charge on any atom is -0.493 e. The molecule has 112 valence electrons. The molecule has 0 aliphatic rings. The molecule has 1 aromatic carbocycles. The van der Waals surface area contributed by atoms with Crippen LogP contribution in [0.25, 0.3) is 11.1 Å². The van der Waals surface area contributed by atoms with Crippen LogP contribution in [0.4, 0.5) is 0 Å². The van der Waals surface area contributed by atoms with E-state index >= 15 is 0 Å². The monoisotopic (exact) mass is 288 g/mol. The third kappa shape index (κ3) is 2.77. The van der Waals surface area contributed by atoms with E-state index in [4.69, 9.17) is 9.47 Å². The number of hydrogen-bond donors (Lipinski definition) is 1. The highest BCUT2D eigenvalue weighted by Gasteiger charge is 2.24. The summed E-state index contributed by atoms with van der Waals surface area (Å²) in [6, 6.07) is 3.45. The summed E-state index contributed by atoms with van der Waals surface area (Å²) in [5, 5.41) is 7.18. The number of nitrogens with one attached hydrogen (secondary N) is 1. The average Bonchev–Trinajstić information content (AvgIpc) is 2.95. The van der Waals surface area contributed by atoms with Crippen molar-refractivity contribution >= 4 is 6.29 Å². The molecule has 0 bridgehead atoms. The maximum Gasteiger partial charge on any atom is 0.168 e. The second-order valence-electron chi connectivity index (χ2n) is 5.83. The van der Waals surface area contributed by atoms with Crippen LogP contribution in [0.3, 0.4) is 0 Å². The van der Waals surface area contributed by atoms with Crippen LogP contribution in [0, 0.1) is 0 Å². The molecule has 0 spiro atoms. The number of methoxy groups -OCH3 is 2. The SMILES string of the molecule is COc1cc(C=O)cc(-c2cn[nH]c2C(C)(C)C)c1OC. The van der Waals surface area contributed by atoms with Crippen LogP contribution in [0.2, 0.25) is 0 Å². The highest BCUT2D eigenvalue weighted by atomic mass is 16.5. The number of H-pyrrole nitrogens is 1. The fraction of sp³-hybridized carbons (Fsp3) is 0.375. The second-order valence-corrected chi connectivity index (χ2v) is 5.83. The molecule has 2 rings (SSSR count). The number of aromatic amines is 1. The van der Waals surface area contributed by atoms with Gasteiger partial charge in [0.2, 0.25) is 0 Å². The second kappa shape index (κ2) is 5.60. The fourth-order valence-corrected chi connectivity index (χ4v) is 2.32. The minimum absolute atomic E-state index is 0.110. The van der Waals surface area contributed by atoms with E-state index in [0.29, 0.717) is 17.1 Å². The van der Waals surface area contributed by atoms with E-state index in [0.717, 1.165) is 23.1 Å². The number of hydrogen-bond acceptors (Lipinski definition) is 4. The van der Waals surface area contributed by atoms with Crippen LogP contribution in [0.15, 0.2) is 18.3 Å². The van der Waals surface area contributed by atoms with Gasteiger partial charge in [-0.15, -0.1) is 0 Å². The summed E-state index contributed by atoms with van der Waals surface area (Å²) in [4.78, 5) is 11.2. The Morgan fingerprint density at radius 1 is 1.14 bits per heavy atom. The Hall–Kier alpha value is -2.30. The van der Waals surface area contributed by atoms with Crippen molar-refractivity contribution in [3.05, 3.63) is 29.6 Å². The quantitative estimate of drug-likeness (QED) is 0.877. The molecule has 0 aliphatic carbocycles. The van der Waals surface area contributed by atoms with Gasteiger partial charge in [-0.05, 0) is 12.1 Å². The number of carbonyl (C=O) groups is 1. The van der Waals surface area contributed by atoms with Gasteiger partial charge >= 0.3 is 0 Å².